The van der Waals surface area contributed by atoms with E-state index < -0.39 is 31.1 Å². The Morgan fingerprint density at radius 2 is 2.11 bits per heavy atom. The predicted octanol–water partition coefficient (Wildman–Crippen LogP) is -1.59. The van der Waals surface area contributed by atoms with Crippen molar-refractivity contribution in [3.05, 3.63) is 0 Å². The molecule has 1 unspecified atom stereocenters. The van der Waals surface area contributed by atoms with Crippen molar-refractivity contribution in [2.45, 2.75) is 12.3 Å². The van der Waals surface area contributed by atoms with E-state index in [1.54, 1.807) is 6.55 Å². The Balaban J connectivity index is 3.75. The topological polar surface area (TPSA) is 74.6 Å². The number of hydrogen-bond donors (Lipinski definition) is 2. The van der Waals surface area contributed by atoms with Crippen molar-refractivity contribution in [1.82, 2.24) is 0 Å². The van der Waals surface area contributed by atoms with Crippen LogP contribution in [0.2, 0.25) is 6.55 Å². The average Bonchev–Trinajstić information content (AvgIpc) is 1.62. The van der Waals surface area contributed by atoms with Crippen LogP contribution >= 0.6 is 0 Å². The minimum Gasteiger partial charge on any atom is -0.396 e. The van der Waals surface area contributed by atoms with Gasteiger partial charge in [-0.2, -0.15) is 8.42 Å². The molecule has 0 aromatic rings. The molecule has 0 aliphatic heterocycles. The van der Waals surface area contributed by atoms with E-state index in [9.17, 15) is 8.42 Å². The van der Waals surface area contributed by atoms with Crippen molar-refractivity contribution in [1.29, 1.82) is 0 Å². The monoisotopic (exact) mass is 170 g/mol. The van der Waals surface area contributed by atoms with E-state index in [4.69, 9.17) is 9.66 Å². The summed E-state index contributed by atoms with van der Waals surface area (Å²) in [5.74, 6) is -0.504. The van der Waals surface area contributed by atoms with Crippen LogP contribution in [0.15, 0.2) is 0 Å². The van der Waals surface area contributed by atoms with Crippen LogP contribution in [0.25, 0.3) is 0 Å². The second-order valence-electron chi connectivity index (χ2n) is 1.81. The van der Waals surface area contributed by atoms with Crippen molar-refractivity contribution in [3.8, 4) is 0 Å². The van der Waals surface area contributed by atoms with Crippen molar-refractivity contribution in [2.75, 3.05) is 5.75 Å². The van der Waals surface area contributed by atoms with E-state index in [1.165, 1.54) is 0 Å². The van der Waals surface area contributed by atoms with Crippen molar-refractivity contribution < 1.29 is 18.1 Å². The number of rotatable bonds is 3. The molecule has 0 amide bonds. The number of aliphatic hydroxyl groups is 1. The molecule has 0 bridgehead atoms. The lowest BCUT2D eigenvalue weighted by Crippen LogP contribution is -2.24. The van der Waals surface area contributed by atoms with Gasteiger partial charge in [-0.25, -0.2) is 0 Å². The van der Waals surface area contributed by atoms with Gasteiger partial charge in [0.2, 0.25) is 0 Å². The van der Waals surface area contributed by atoms with E-state index in [0.717, 1.165) is 0 Å². The van der Waals surface area contributed by atoms with Crippen LogP contribution in [0.5, 0.6) is 0 Å². The Kier molecular flexibility index (Phi) is 3.34. The first-order valence-electron chi connectivity index (χ1n) is 2.59. The summed E-state index contributed by atoms with van der Waals surface area (Å²) in [6, 6.07) is 0. The third-order valence-corrected chi connectivity index (χ3v) is 3.33. The van der Waals surface area contributed by atoms with E-state index in [-0.39, 0.29) is 0 Å². The van der Waals surface area contributed by atoms with Gasteiger partial charge in [-0.3, -0.25) is 4.55 Å². The lowest BCUT2D eigenvalue weighted by atomic mass is 10.9. The molecular formula is C3H10O4SSi. The molecule has 56 valence electrons. The second kappa shape index (κ2) is 3.30. The summed E-state index contributed by atoms with van der Waals surface area (Å²) in [4.78, 5) is 0. The Morgan fingerprint density at radius 3 is 2.22 bits per heavy atom. The number of aliphatic hydroxyl groups excluding tert-OH is 1. The normalized spacial score (nSPS) is 16.8. The van der Waals surface area contributed by atoms with Crippen molar-refractivity contribution in [3.63, 3.8) is 0 Å². The van der Waals surface area contributed by atoms with Crippen molar-refractivity contribution >= 4 is 19.6 Å². The van der Waals surface area contributed by atoms with Gasteiger partial charge in [0.15, 0.2) is 0 Å². The summed E-state index contributed by atoms with van der Waals surface area (Å²) in [5.41, 5.74) is -0.806. The first-order chi connectivity index (χ1) is 3.95. The lowest BCUT2D eigenvalue weighted by Gasteiger charge is -2.01. The molecule has 0 saturated heterocycles. The summed E-state index contributed by atoms with van der Waals surface area (Å²) >= 11 is 0. The van der Waals surface area contributed by atoms with Crippen LogP contribution in [0.3, 0.4) is 0 Å². The Morgan fingerprint density at radius 1 is 1.67 bits per heavy atom. The third-order valence-electron chi connectivity index (χ3n) is 0.874. The van der Waals surface area contributed by atoms with Crippen LogP contribution in [0.4, 0.5) is 0 Å². The molecule has 9 heavy (non-hydrogen) atoms. The van der Waals surface area contributed by atoms with E-state index >= 15 is 0 Å². The maximum absolute atomic E-state index is 10.0. The molecule has 0 aliphatic rings. The first kappa shape index (κ1) is 9.09. The summed E-state index contributed by atoms with van der Waals surface area (Å²) < 4.78 is 28.2. The standard InChI is InChI=1S/C3H10O4SSi/c1-9-3(4)2-8(5,6)7/h3-4H,2,9H2,1H3,(H,5,6,7). The van der Waals surface area contributed by atoms with Gasteiger partial charge in [0.25, 0.3) is 10.1 Å². The Hall–Kier alpha value is 0.0869. The van der Waals surface area contributed by atoms with Gasteiger partial charge in [0.1, 0.15) is 0 Å². The first-order valence-corrected chi connectivity index (χ1v) is 6.43. The smallest absolute Gasteiger partial charge is 0.267 e. The van der Waals surface area contributed by atoms with Crippen LogP contribution in [-0.2, 0) is 10.1 Å². The maximum atomic E-state index is 10.0. The van der Waals surface area contributed by atoms with Gasteiger partial charge in [0, 0.05) is 0 Å². The molecule has 0 heterocycles. The molecule has 0 aromatic carbocycles. The average molecular weight is 170 g/mol. The van der Waals surface area contributed by atoms with Crippen molar-refractivity contribution in [2.24, 2.45) is 0 Å². The fourth-order valence-electron chi connectivity index (χ4n) is 0.361. The molecular weight excluding hydrogens is 160 g/mol. The van der Waals surface area contributed by atoms with Crippen LogP contribution in [0, 0.1) is 0 Å². The number of hydrogen-bond acceptors (Lipinski definition) is 3. The summed E-state index contributed by atoms with van der Waals surface area (Å²) in [6.07, 6.45) is 0. The molecule has 0 rings (SSSR count). The molecule has 4 nitrogen and oxygen atoms in total. The van der Waals surface area contributed by atoms with Crippen LogP contribution in [0.1, 0.15) is 0 Å². The molecule has 6 heteroatoms. The van der Waals surface area contributed by atoms with Gasteiger partial charge in [0.05, 0.1) is 21.0 Å². The van der Waals surface area contributed by atoms with E-state index in [2.05, 4.69) is 0 Å². The van der Waals surface area contributed by atoms with Gasteiger partial charge in [-0.1, -0.05) is 6.55 Å². The molecule has 1 atom stereocenters. The highest BCUT2D eigenvalue weighted by Gasteiger charge is 2.11. The fraction of sp³-hybridized carbons (Fsp3) is 1.00. The van der Waals surface area contributed by atoms with Crippen LogP contribution < -0.4 is 0 Å². The summed E-state index contributed by atoms with van der Waals surface area (Å²) in [7, 11) is -4.68. The van der Waals surface area contributed by atoms with Crippen LogP contribution in [-0.4, -0.2) is 39.1 Å². The minimum atomic E-state index is -3.95. The molecule has 0 aromatic heterocycles. The highest BCUT2D eigenvalue weighted by molar-refractivity contribution is 7.85. The molecule has 0 spiro atoms. The Labute approximate surface area is 56.5 Å². The third kappa shape index (κ3) is 5.97. The van der Waals surface area contributed by atoms with Gasteiger partial charge >= 0.3 is 0 Å². The summed E-state index contributed by atoms with van der Waals surface area (Å²) in [5, 5.41) is 8.72. The zero-order valence-electron chi connectivity index (χ0n) is 5.11. The maximum Gasteiger partial charge on any atom is 0.267 e. The fourth-order valence-corrected chi connectivity index (χ4v) is 2.68. The minimum absolute atomic E-state index is 0.504. The van der Waals surface area contributed by atoms with E-state index in [1.807, 2.05) is 0 Å². The van der Waals surface area contributed by atoms with Gasteiger partial charge in [-0.15, -0.1) is 0 Å². The van der Waals surface area contributed by atoms with E-state index in [0.29, 0.717) is 0 Å². The largest absolute Gasteiger partial charge is 0.396 e. The highest BCUT2D eigenvalue weighted by Crippen LogP contribution is 1.87. The SMILES string of the molecule is C[SiH2]C(O)CS(=O)(=O)O. The second-order valence-corrected chi connectivity index (χ2v) is 5.07. The quantitative estimate of drug-likeness (QED) is 0.395. The molecule has 0 saturated carbocycles. The Bertz CT molecular complexity index is 163. The zero-order chi connectivity index (χ0) is 7.49. The molecule has 0 fully saturated rings. The van der Waals surface area contributed by atoms with Gasteiger partial charge in [-0.05, 0) is 0 Å². The highest BCUT2D eigenvalue weighted by atomic mass is 32.2. The summed E-state index contributed by atoms with van der Waals surface area (Å²) in [6.45, 7) is 1.77. The van der Waals surface area contributed by atoms with Gasteiger partial charge < -0.3 is 5.11 Å². The molecule has 0 radical (unpaired) electrons. The molecule has 2 N–H and O–H groups in total. The zero-order valence-corrected chi connectivity index (χ0v) is 7.34. The predicted molar refractivity (Wildman–Crippen MR) is 36.8 cm³/mol. The lowest BCUT2D eigenvalue weighted by molar-refractivity contribution is 0.271. The molecule has 0 aliphatic carbocycles.